The topological polar surface area (TPSA) is 20.2 Å². The van der Waals surface area contributed by atoms with Crippen molar-refractivity contribution in [2.45, 2.75) is 18.9 Å². The molecule has 2 rings (SSSR count). The largest absolute Gasteiger partial charge is 0.385 e. The number of benzene rings is 1. The van der Waals surface area contributed by atoms with Gasteiger partial charge in [-0.25, -0.2) is 0 Å². The Hall–Kier alpha value is -0.530. The highest BCUT2D eigenvalue weighted by Gasteiger charge is 2.50. The molecule has 1 fully saturated rings. The molecule has 1 aromatic rings. The maximum atomic E-state index is 9.92. The highest BCUT2D eigenvalue weighted by molar-refractivity contribution is 6.30. The molecule has 0 bridgehead atoms. The summed E-state index contributed by atoms with van der Waals surface area (Å²) < 4.78 is 0. The average molecular weight is 183 g/mol. The smallest absolute Gasteiger partial charge is 0.0926 e. The number of hydrogen-bond acceptors (Lipinski definition) is 1. The average Bonchev–Trinajstić information content (AvgIpc) is 2.62. The van der Waals surface area contributed by atoms with E-state index in [1.54, 1.807) is 0 Å². The lowest BCUT2D eigenvalue weighted by Crippen LogP contribution is -2.06. The van der Waals surface area contributed by atoms with Crippen LogP contribution in [0.2, 0.25) is 5.02 Å². The number of aliphatic hydroxyl groups is 1. The summed E-state index contributed by atoms with van der Waals surface area (Å²) in [5.41, 5.74) is 0.421. The third-order valence-corrected chi connectivity index (χ3v) is 2.87. The van der Waals surface area contributed by atoms with Crippen molar-refractivity contribution in [2.24, 2.45) is 5.92 Å². The first kappa shape index (κ1) is 8.09. The highest BCUT2D eigenvalue weighted by Crippen LogP contribution is 2.51. The van der Waals surface area contributed by atoms with Gasteiger partial charge in [0.25, 0.3) is 0 Å². The van der Waals surface area contributed by atoms with Gasteiger partial charge in [0.15, 0.2) is 0 Å². The molecule has 1 saturated carbocycles. The van der Waals surface area contributed by atoms with Crippen LogP contribution in [0.3, 0.4) is 0 Å². The van der Waals surface area contributed by atoms with Gasteiger partial charge in [-0.1, -0.05) is 30.7 Å². The first-order valence-corrected chi connectivity index (χ1v) is 4.49. The summed E-state index contributed by atoms with van der Waals surface area (Å²) in [6, 6.07) is 7.43. The van der Waals surface area contributed by atoms with E-state index in [4.69, 9.17) is 11.6 Å². The van der Waals surface area contributed by atoms with E-state index in [1.165, 1.54) is 0 Å². The molecular weight excluding hydrogens is 172 g/mol. The lowest BCUT2D eigenvalue weighted by molar-refractivity contribution is 0.135. The van der Waals surface area contributed by atoms with Gasteiger partial charge >= 0.3 is 0 Å². The standard InChI is InChI=1S/C10H11ClO/c1-7-6-10(7,12)8-2-4-9(11)5-3-8/h2-5,7,12H,6H2,1H3. The third-order valence-electron chi connectivity index (χ3n) is 2.62. The van der Waals surface area contributed by atoms with Gasteiger partial charge in [0, 0.05) is 5.02 Å². The molecule has 1 N–H and O–H groups in total. The van der Waals surface area contributed by atoms with Crippen molar-refractivity contribution < 1.29 is 5.11 Å². The van der Waals surface area contributed by atoms with Gasteiger partial charge in [0.1, 0.15) is 0 Å². The lowest BCUT2D eigenvalue weighted by Gasteiger charge is -2.08. The molecule has 2 unspecified atom stereocenters. The molecule has 0 spiro atoms. The van der Waals surface area contributed by atoms with E-state index in [9.17, 15) is 5.11 Å². The summed E-state index contributed by atoms with van der Waals surface area (Å²) in [5, 5.41) is 10.6. The number of halogens is 1. The second-order valence-electron chi connectivity index (χ2n) is 3.54. The van der Waals surface area contributed by atoms with Crippen LogP contribution >= 0.6 is 11.6 Å². The van der Waals surface area contributed by atoms with Crippen molar-refractivity contribution in [3.63, 3.8) is 0 Å². The van der Waals surface area contributed by atoms with E-state index < -0.39 is 5.60 Å². The van der Waals surface area contributed by atoms with Crippen LogP contribution in [0.25, 0.3) is 0 Å². The van der Waals surface area contributed by atoms with Gasteiger partial charge in [-0.2, -0.15) is 0 Å². The SMILES string of the molecule is CC1CC1(O)c1ccc(Cl)cc1. The van der Waals surface area contributed by atoms with Crippen LogP contribution in [-0.2, 0) is 5.60 Å². The molecule has 1 aliphatic carbocycles. The molecule has 2 heteroatoms. The zero-order valence-corrected chi connectivity index (χ0v) is 7.67. The number of rotatable bonds is 1. The normalized spacial score (nSPS) is 33.4. The van der Waals surface area contributed by atoms with Crippen LogP contribution < -0.4 is 0 Å². The predicted molar refractivity (Wildman–Crippen MR) is 49.1 cm³/mol. The van der Waals surface area contributed by atoms with Crippen molar-refractivity contribution in [1.82, 2.24) is 0 Å². The first-order chi connectivity index (χ1) is 5.63. The Morgan fingerprint density at radius 3 is 2.33 bits per heavy atom. The molecule has 1 aromatic carbocycles. The van der Waals surface area contributed by atoms with Gasteiger partial charge in [0.05, 0.1) is 5.60 Å². The second kappa shape index (κ2) is 2.48. The second-order valence-corrected chi connectivity index (χ2v) is 3.97. The van der Waals surface area contributed by atoms with Crippen LogP contribution in [0.5, 0.6) is 0 Å². The van der Waals surface area contributed by atoms with E-state index in [2.05, 4.69) is 6.92 Å². The molecule has 0 radical (unpaired) electrons. The molecule has 2 atom stereocenters. The monoisotopic (exact) mass is 182 g/mol. The summed E-state index contributed by atoms with van der Waals surface area (Å²) in [6.45, 7) is 2.05. The molecule has 0 aliphatic heterocycles. The van der Waals surface area contributed by atoms with Crippen molar-refractivity contribution in [1.29, 1.82) is 0 Å². The van der Waals surface area contributed by atoms with Crippen LogP contribution in [0.15, 0.2) is 24.3 Å². The van der Waals surface area contributed by atoms with Crippen LogP contribution in [0.4, 0.5) is 0 Å². The van der Waals surface area contributed by atoms with Gasteiger partial charge in [-0.15, -0.1) is 0 Å². The molecule has 0 amide bonds. The first-order valence-electron chi connectivity index (χ1n) is 4.11. The minimum atomic E-state index is -0.565. The van der Waals surface area contributed by atoms with Crippen molar-refractivity contribution >= 4 is 11.6 Å². The quantitative estimate of drug-likeness (QED) is 0.708. The molecule has 1 nitrogen and oxygen atoms in total. The summed E-state index contributed by atoms with van der Waals surface area (Å²) in [4.78, 5) is 0. The minimum Gasteiger partial charge on any atom is -0.385 e. The van der Waals surface area contributed by atoms with Gasteiger partial charge in [0.2, 0.25) is 0 Å². The maximum absolute atomic E-state index is 9.92. The Bertz CT molecular complexity index is 293. The maximum Gasteiger partial charge on any atom is 0.0926 e. The fourth-order valence-electron chi connectivity index (χ4n) is 1.55. The molecule has 64 valence electrons. The summed E-state index contributed by atoms with van der Waals surface area (Å²) in [7, 11) is 0. The Morgan fingerprint density at radius 2 is 1.92 bits per heavy atom. The van der Waals surface area contributed by atoms with E-state index in [0.717, 1.165) is 17.0 Å². The molecule has 1 aliphatic rings. The van der Waals surface area contributed by atoms with E-state index in [0.29, 0.717) is 5.92 Å². The van der Waals surface area contributed by atoms with Crippen LogP contribution in [0, 0.1) is 5.92 Å². The summed E-state index contributed by atoms with van der Waals surface area (Å²) in [5.74, 6) is 0.388. The fraction of sp³-hybridized carbons (Fsp3) is 0.400. The molecule has 12 heavy (non-hydrogen) atoms. The van der Waals surface area contributed by atoms with Crippen molar-refractivity contribution in [3.05, 3.63) is 34.9 Å². The van der Waals surface area contributed by atoms with Crippen molar-refractivity contribution in [3.8, 4) is 0 Å². The van der Waals surface area contributed by atoms with Gasteiger partial charge < -0.3 is 5.11 Å². The zero-order valence-electron chi connectivity index (χ0n) is 6.92. The van der Waals surface area contributed by atoms with Gasteiger partial charge in [-0.3, -0.25) is 0 Å². The third kappa shape index (κ3) is 1.13. The summed E-state index contributed by atoms with van der Waals surface area (Å²) in [6.07, 6.45) is 0.870. The van der Waals surface area contributed by atoms with E-state index in [1.807, 2.05) is 24.3 Å². The highest BCUT2D eigenvalue weighted by atomic mass is 35.5. The minimum absolute atomic E-state index is 0.388. The van der Waals surface area contributed by atoms with Crippen molar-refractivity contribution in [2.75, 3.05) is 0 Å². The molecule has 0 aromatic heterocycles. The molecule has 0 heterocycles. The Balaban J connectivity index is 2.31. The predicted octanol–water partition coefficient (Wildman–Crippen LogP) is 2.57. The van der Waals surface area contributed by atoms with E-state index in [-0.39, 0.29) is 0 Å². The van der Waals surface area contributed by atoms with Gasteiger partial charge in [-0.05, 0) is 30.0 Å². The fourth-order valence-corrected chi connectivity index (χ4v) is 1.67. The Labute approximate surface area is 77.0 Å². The number of hydrogen-bond donors (Lipinski definition) is 1. The Kier molecular flexibility index (Phi) is 1.67. The zero-order chi connectivity index (χ0) is 8.77. The van der Waals surface area contributed by atoms with E-state index >= 15 is 0 Å². The molecule has 0 saturated heterocycles. The molecular formula is C10H11ClO. The van der Waals surface area contributed by atoms with Crippen LogP contribution in [-0.4, -0.2) is 5.11 Å². The Morgan fingerprint density at radius 1 is 1.42 bits per heavy atom. The lowest BCUT2D eigenvalue weighted by atomic mass is 10.1. The van der Waals surface area contributed by atoms with Crippen LogP contribution in [0.1, 0.15) is 18.9 Å². The summed E-state index contributed by atoms with van der Waals surface area (Å²) >= 11 is 5.74.